The average molecular weight is 214 g/mol. The van der Waals surface area contributed by atoms with Gasteiger partial charge in [0.25, 0.3) is 0 Å². The van der Waals surface area contributed by atoms with Crippen molar-refractivity contribution in [2.45, 2.75) is 13.0 Å². The Balaban J connectivity index is 2.29. The van der Waals surface area contributed by atoms with Crippen molar-refractivity contribution in [3.8, 4) is 0 Å². The van der Waals surface area contributed by atoms with Crippen LogP contribution in [-0.2, 0) is 4.79 Å². The van der Waals surface area contributed by atoms with Gasteiger partial charge in [0.1, 0.15) is 0 Å². The molecule has 0 aliphatic carbocycles. The Kier molecular flexibility index (Phi) is 2.88. The SMILES string of the molecule is CC(N)C(=O)Nc1ccc2ccccc2c1. The van der Waals surface area contributed by atoms with Gasteiger partial charge < -0.3 is 11.1 Å². The number of fused-ring (bicyclic) bond motifs is 1. The maximum Gasteiger partial charge on any atom is 0.240 e. The first-order chi connectivity index (χ1) is 7.66. The molecule has 2 aromatic carbocycles. The number of benzene rings is 2. The van der Waals surface area contributed by atoms with Crippen LogP contribution in [0.3, 0.4) is 0 Å². The molecule has 1 unspecified atom stereocenters. The zero-order valence-electron chi connectivity index (χ0n) is 9.10. The van der Waals surface area contributed by atoms with Crippen molar-refractivity contribution in [2.75, 3.05) is 5.32 Å². The van der Waals surface area contributed by atoms with Crippen LogP contribution in [0.4, 0.5) is 5.69 Å². The lowest BCUT2D eigenvalue weighted by Crippen LogP contribution is -2.32. The van der Waals surface area contributed by atoms with Crippen LogP contribution in [0, 0.1) is 0 Å². The van der Waals surface area contributed by atoms with Crippen molar-refractivity contribution < 1.29 is 4.79 Å². The third-order valence-electron chi connectivity index (χ3n) is 2.43. The van der Waals surface area contributed by atoms with Gasteiger partial charge >= 0.3 is 0 Å². The number of carbonyl (C=O) groups excluding carboxylic acids is 1. The average Bonchev–Trinajstić information content (AvgIpc) is 2.28. The van der Waals surface area contributed by atoms with E-state index < -0.39 is 6.04 Å². The molecule has 0 spiro atoms. The van der Waals surface area contributed by atoms with Crippen LogP contribution >= 0.6 is 0 Å². The maximum absolute atomic E-state index is 11.4. The first kappa shape index (κ1) is 10.6. The number of amides is 1. The van der Waals surface area contributed by atoms with Gasteiger partial charge in [0.15, 0.2) is 0 Å². The van der Waals surface area contributed by atoms with Crippen LogP contribution in [0.2, 0.25) is 0 Å². The fourth-order valence-corrected chi connectivity index (χ4v) is 1.52. The molecule has 0 aliphatic rings. The van der Waals surface area contributed by atoms with Gasteiger partial charge in [-0.25, -0.2) is 0 Å². The highest BCUT2D eigenvalue weighted by Crippen LogP contribution is 2.18. The van der Waals surface area contributed by atoms with Gasteiger partial charge in [-0.05, 0) is 29.8 Å². The molecule has 0 saturated carbocycles. The van der Waals surface area contributed by atoms with Gasteiger partial charge in [0.2, 0.25) is 5.91 Å². The summed E-state index contributed by atoms with van der Waals surface area (Å²) >= 11 is 0. The molecule has 2 rings (SSSR count). The Morgan fingerprint density at radius 2 is 1.88 bits per heavy atom. The third kappa shape index (κ3) is 2.20. The number of nitrogens with one attached hydrogen (secondary N) is 1. The van der Waals surface area contributed by atoms with E-state index in [-0.39, 0.29) is 5.91 Å². The second-order valence-corrected chi connectivity index (χ2v) is 3.84. The molecular formula is C13H14N2O. The summed E-state index contributed by atoms with van der Waals surface area (Å²) in [7, 11) is 0. The Morgan fingerprint density at radius 3 is 2.56 bits per heavy atom. The minimum atomic E-state index is -0.494. The molecule has 0 aliphatic heterocycles. The molecule has 0 fully saturated rings. The number of carbonyl (C=O) groups is 1. The van der Waals surface area contributed by atoms with Gasteiger partial charge in [0.05, 0.1) is 6.04 Å². The number of anilines is 1. The quantitative estimate of drug-likeness (QED) is 0.804. The van der Waals surface area contributed by atoms with Crippen molar-refractivity contribution in [3.63, 3.8) is 0 Å². The minimum Gasteiger partial charge on any atom is -0.325 e. The second-order valence-electron chi connectivity index (χ2n) is 3.84. The van der Waals surface area contributed by atoms with Gasteiger partial charge in [0, 0.05) is 5.69 Å². The van der Waals surface area contributed by atoms with E-state index in [9.17, 15) is 4.79 Å². The largest absolute Gasteiger partial charge is 0.325 e. The lowest BCUT2D eigenvalue weighted by Gasteiger charge is -2.08. The van der Waals surface area contributed by atoms with E-state index in [1.807, 2.05) is 42.5 Å². The van der Waals surface area contributed by atoms with Gasteiger partial charge in [-0.1, -0.05) is 30.3 Å². The van der Waals surface area contributed by atoms with E-state index in [0.717, 1.165) is 16.5 Å². The highest BCUT2D eigenvalue weighted by molar-refractivity contribution is 5.96. The Hall–Kier alpha value is -1.87. The van der Waals surface area contributed by atoms with E-state index in [1.54, 1.807) is 6.92 Å². The summed E-state index contributed by atoms with van der Waals surface area (Å²) in [5.41, 5.74) is 6.26. The minimum absolute atomic E-state index is 0.171. The van der Waals surface area contributed by atoms with Crippen molar-refractivity contribution in [1.82, 2.24) is 0 Å². The van der Waals surface area contributed by atoms with E-state index in [0.29, 0.717) is 0 Å². The molecule has 1 amide bonds. The number of rotatable bonds is 2. The van der Waals surface area contributed by atoms with E-state index >= 15 is 0 Å². The van der Waals surface area contributed by atoms with Crippen molar-refractivity contribution in [3.05, 3.63) is 42.5 Å². The monoisotopic (exact) mass is 214 g/mol. The summed E-state index contributed by atoms with van der Waals surface area (Å²) in [5.74, 6) is -0.171. The smallest absolute Gasteiger partial charge is 0.240 e. The predicted molar refractivity (Wildman–Crippen MR) is 66.2 cm³/mol. The van der Waals surface area contributed by atoms with Crippen molar-refractivity contribution >= 4 is 22.4 Å². The van der Waals surface area contributed by atoms with Crippen molar-refractivity contribution in [1.29, 1.82) is 0 Å². The molecule has 2 aromatic rings. The van der Waals surface area contributed by atoms with E-state index in [4.69, 9.17) is 5.73 Å². The van der Waals surface area contributed by atoms with Crippen LogP contribution in [0.25, 0.3) is 10.8 Å². The highest BCUT2D eigenvalue weighted by Gasteiger charge is 2.07. The molecule has 16 heavy (non-hydrogen) atoms. The van der Waals surface area contributed by atoms with Crippen LogP contribution in [0.5, 0.6) is 0 Å². The Bertz CT molecular complexity index is 520. The number of hydrogen-bond acceptors (Lipinski definition) is 2. The molecular weight excluding hydrogens is 200 g/mol. The van der Waals surface area contributed by atoms with Gasteiger partial charge in [-0.2, -0.15) is 0 Å². The summed E-state index contributed by atoms with van der Waals surface area (Å²) < 4.78 is 0. The molecule has 1 atom stereocenters. The highest BCUT2D eigenvalue weighted by atomic mass is 16.2. The first-order valence-electron chi connectivity index (χ1n) is 5.22. The summed E-state index contributed by atoms with van der Waals surface area (Å²) in [6, 6.07) is 13.3. The maximum atomic E-state index is 11.4. The predicted octanol–water partition coefficient (Wildman–Crippen LogP) is 2.13. The van der Waals surface area contributed by atoms with Crippen LogP contribution in [0.1, 0.15) is 6.92 Å². The van der Waals surface area contributed by atoms with Gasteiger partial charge in [-0.3, -0.25) is 4.79 Å². The molecule has 3 nitrogen and oxygen atoms in total. The Labute approximate surface area is 94.3 Å². The Morgan fingerprint density at radius 1 is 1.19 bits per heavy atom. The zero-order valence-corrected chi connectivity index (χ0v) is 9.10. The molecule has 0 saturated heterocycles. The topological polar surface area (TPSA) is 55.1 Å². The molecule has 0 heterocycles. The van der Waals surface area contributed by atoms with Crippen LogP contribution < -0.4 is 11.1 Å². The standard InChI is InChI=1S/C13H14N2O/c1-9(14)13(16)15-12-7-6-10-4-2-3-5-11(10)8-12/h2-9H,14H2,1H3,(H,15,16). The first-order valence-corrected chi connectivity index (χ1v) is 5.22. The van der Waals surface area contributed by atoms with Gasteiger partial charge in [-0.15, -0.1) is 0 Å². The zero-order chi connectivity index (χ0) is 11.5. The molecule has 82 valence electrons. The van der Waals surface area contributed by atoms with E-state index in [1.165, 1.54) is 0 Å². The number of hydrogen-bond donors (Lipinski definition) is 2. The summed E-state index contributed by atoms with van der Waals surface area (Å²) in [6.45, 7) is 1.66. The van der Waals surface area contributed by atoms with Crippen molar-refractivity contribution in [2.24, 2.45) is 5.73 Å². The second kappa shape index (κ2) is 4.33. The fraction of sp³-hybridized carbons (Fsp3) is 0.154. The third-order valence-corrected chi connectivity index (χ3v) is 2.43. The summed E-state index contributed by atoms with van der Waals surface area (Å²) in [4.78, 5) is 11.4. The molecule has 0 radical (unpaired) electrons. The summed E-state index contributed by atoms with van der Waals surface area (Å²) in [6.07, 6.45) is 0. The molecule has 3 N–H and O–H groups in total. The summed E-state index contributed by atoms with van der Waals surface area (Å²) in [5, 5.41) is 5.03. The lowest BCUT2D eigenvalue weighted by molar-refractivity contribution is -0.117. The molecule has 0 bridgehead atoms. The van der Waals surface area contributed by atoms with E-state index in [2.05, 4.69) is 5.32 Å². The van der Waals surface area contributed by atoms with Crippen LogP contribution in [0.15, 0.2) is 42.5 Å². The molecule has 3 heteroatoms. The fourth-order valence-electron chi connectivity index (χ4n) is 1.52. The lowest BCUT2D eigenvalue weighted by atomic mass is 10.1. The van der Waals surface area contributed by atoms with Crippen LogP contribution in [-0.4, -0.2) is 11.9 Å². The normalized spacial score (nSPS) is 12.4. The molecule has 0 aromatic heterocycles. The number of nitrogens with two attached hydrogens (primary N) is 1.